The van der Waals surface area contributed by atoms with Crippen LogP contribution in [0.15, 0.2) is 48.5 Å². The van der Waals surface area contributed by atoms with E-state index in [1.165, 1.54) is 11.3 Å². The van der Waals surface area contributed by atoms with Gasteiger partial charge < -0.3 is 0 Å². The van der Waals surface area contributed by atoms with Gasteiger partial charge in [0.1, 0.15) is 0 Å². The summed E-state index contributed by atoms with van der Waals surface area (Å²) in [6.07, 6.45) is 1.58. The van der Waals surface area contributed by atoms with E-state index in [2.05, 4.69) is 33.6 Å². The summed E-state index contributed by atoms with van der Waals surface area (Å²) < 4.78 is 1.71. The van der Waals surface area contributed by atoms with Crippen LogP contribution in [-0.4, -0.2) is 25.9 Å². The molecule has 158 valence electrons. The van der Waals surface area contributed by atoms with Gasteiger partial charge in [-0.25, -0.2) is 9.67 Å². The monoisotopic (exact) mass is 451 g/mol. The van der Waals surface area contributed by atoms with Crippen molar-refractivity contribution in [3.63, 3.8) is 0 Å². The first kappa shape index (κ1) is 21.2. The molecule has 0 saturated heterocycles. The molecule has 0 unspecified atom stereocenters. The molecule has 0 aliphatic heterocycles. The predicted molar refractivity (Wildman–Crippen MR) is 125 cm³/mol. The van der Waals surface area contributed by atoms with Gasteiger partial charge in [0.05, 0.1) is 17.1 Å². The number of hydrogen-bond donors (Lipinski definition) is 1. The van der Waals surface area contributed by atoms with Gasteiger partial charge in [0.15, 0.2) is 10.8 Å². The zero-order chi connectivity index (χ0) is 22.0. The van der Waals surface area contributed by atoms with E-state index in [0.29, 0.717) is 22.3 Å². The number of nitrogens with zero attached hydrogens (tertiary/aromatic N) is 4. The van der Waals surface area contributed by atoms with Crippen molar-refractivity contribution in [3.8, 4) is 5.69 Å². The molecule has 0 radical (unpaired) electrons. The third kappa shape index (κ3) is 4.52. The number of nitrogens with one attached hydrogen (secondary N) is 1. The van der Waals surface area contributed by atoms with Crippen LogP contribution >= 0.6 is 22.9 Å². The Kier molecular flexibility index (Phi) is 6.15. The number of aryl methyl sites for hydroxylation is 2. The molecule has 4 rings (SSSR count). The van der Waals surface area contributed by atoms with Crippen molar-refractivity contribution < 1.29 is 4.79 Å². The van der Waals surface area contributed by atoms with Gasteiger partial charge in [-0.15, -0.1) is 16.4 Å². The van der Waals surface area contributed by atoms with Crippen LogP contribution < -0.4 is 5.32 Å². The van der Waals surface area contributed by atoms with Gasteiger partial charge >= 0.3 is 0 Å². The molecule has 0 fully saturated rings. The molecule has 0 bridgehead atoms. The Morgan fingerprint density at radius 3 is 2.74 bits per heavy atom. The summed E-state index contributed by atoms with van der Waals surface area (Å²) in [4.78, 5) is 18.5. The Morgan fingerprint density at radius 2 is 1.97 bits per heavy atom. The highest BCUT2D eigenvalue weighted by Crippen LogP contribution is 2.27. The summed E-state index contributed by atoms with van der Waals surface area (Å²) in [6.45, 7) is 5.87. The standard InChI is InChI=1S/C23H22ClN5OS/c1-4-17-9-5-6-11-19(17)29-15(3)21(27-28-29)22(30)26-23-25-14(2)20(31-23)13-16-8-7-10-18(24)12-16/h5-12H,4,13H2,1-3H3,(H,25,26,30). The van der Waals surface area contributed by atoms with Crippen LogP contribution in [0.4, 0.5) is 5.13 Å². The quantitative estimate of drug-likeness (QED) is 0.426. The number of halogens is 1. The first-order valence-corrected chi connectivity index (χ1v) is 11.2. The topological polar surface area (TPSA) is 72.7 Å². The average molecular weight is 452 g/mol. The molecule has 0 aliphatic rings. The van der Waals surface area contributed by atoms with E-state index < -0.39 is 0 Å². The highest BCUT2D eigenvalue weighted by atomic mass is 35.5. The van der Waals surface area contributed by atoms with Gasteiger partial charge in [0, 0.05) is 16.3 Å². The lowest BCUT2D eigenvalue weighted by molar-refractivity contribution is 0.102. The minimum absolute atomic E-state index is 0.287. The summed E-state index contributed by atoms with van der Waals surface area (Å²) in [5, 5.41) is 12.5. The number of aromatic nitrogens is 4. The number of rotatable bonds is 6. The molecule has 0 spiro atoms. The number of benzene rings is 2. The summed E-state index contributed by atoms with van der Waals surface area (Å²) in [5.74, 6) is -0.319. The van der Waals surface area contributed by atoms with Crippen molar-refractivity contribution in [2.75, 3.05) is 5.32 Å². The van der Waals surface area contributed by atoms with Gasteiger partial charge in [-0.3, -0.25) is 10.1 Å². The minimum atomic E-state index is -0.319. The molecular weight excluding hydrogens is 430 g/mol. The normalized spacial score (nSPS) is 11.0. The third-order valence-electron chi connectivity index (χ3n) is 5.08. The van der Waals surface area contributed by atoms with Crippen molar-refractivity contribution in [2.24, 2.45) is 0 Å². The van der Waals surface area contributed by atoms with Crippen LogP contribution in [0, 0.1) is 13.8 Å². The molecule has 31 heavy (non-hydrogen) atoms. The van der Waals surface area contributed by atoms with E-state index in [-0.39, 0.29) is 11.6 Å². The van der Waals surface area contributed by atoms with Crippen molar-refractivity contribution in [1.82, 2.24) is 20.0 Å². The molecule has 2 heterocycles. The molecule has 2 aromatic carbocycles. The zero-order valence-electron chi connectivity index (χ0n) is 17.5. The number of amides is 1. The average Bonchev–Trinajstić information content (AvgIpc) is 3.30. The Balaban J connectivity index is 1.54. The molecule has 0 atom stereocenters. The molecule has 2 aromatic heterocycles. The van der Waals surface area contributed by atoms with E-state index >= 15 is 0 Å². The lowest BCUT2D eigenvalue weighted by Crippen LogP contribution is -2.14. The highest BCUT2D eigenvalue weighted by Gasteiger charge is 2.20. The Morgan fingerprint density at radius 1 is 1.16 bits per heavy atom. The number of hydrogen-bond acceptors (Lipinski definition) is 5. The van der Waals surface area contributed by atoms with Crippen LogP contribution in [0.5, 0.6) is 0 Å². The fourth-order valence-electron chi connectivity index (χ4n) is 3.42. The third-order valence-corrected chi connectivity index (χ3v) is 6.39. The SMILES string of the molecule is CCc1ccccc1-n1nnc(C(=O)Nc2nc(C)c(Cc3cccc(Cl)c3)s2)c1C. The second-order valence-electron chi connectivity index (χ2n) is 7.21. The Hall–Kier alpha value is -3.03. The Labute approximate surface area is 189 Å². The first-order chi connectivity index (χ1) is 15.0. The number of thiazole rings is 1. The van der Waals surface area contributed by atoms with E-state index in [0.717, 1.165) is 33.8 Å². The molecule has 1 amide bonds. The molecular formula is C23H22ClN5OS. The smallest absolute Gasteiger partial charge is 0.279 e. The van der Waals surface area contributed by atoms with Crippen LogP contribution in [-0.2, 0) is 12.8 Å². The van der Waals surface area contributed by atoms with Gasteiger partial charge in [-0.2, -0.15) is 0 Å². The van der Waals surface area contributed by atoms with E-state index in [1.807, 2.05) is 56.3 Å². The Bertz CT molecular complexity index is 1250. The maximum absolute atomic E-state index is 12.9. The van der Waals surface area contributed by atoms with E-state index in [9.17, 15) is 4.79 Å². The molecule has 6 nitrogen and oxygen atoms in total. The van der Waals surface area contributed by atoms with Gasteiger partial charge in [0.25, 0.3) is 5.91 Å². The number of anilines is 1. The van der Waals surface area contributed by atoms with Crippen LogP contribution in [0.1, 0.15) is 44.8 Å². The fraction of sp³-hybridized carbons (Fsp3) is 0.217. The largest absolute Gasteiger partial charge is 0.296 e. The van der Waals surface area contributed by atoms with Crippen molar-refractivity contribution in [1.29, 1.82) is 0 Å². The number of carbonyl (C=O) groups excluding carboxylic acids is 1. The maximum atomic E-state index is 12.9. The van der Waals surface area contributed by atoms with Gasteiger partial charge in [-0.05, 0) is 49.6 Å². The first-order valence-electron chi connectivity index (χ1n) is 9.99. The molecule has 4 aromatic rings. The van der Waals surface area contributed by atoms with E-state index in [1.54, 1.807) is 4.68 Å². The number of carbonyl (C=O) groups is 1. The number of para-hydroxylation sites is 1. The second kappa shape index (κ2) is 8.99. The van der Waals surface area contributed by atoms with Gasteiger partial charge in [-0.1, -0.05) is 54.1 Å². The molecule has 0 aliphatic carbocycles. The molecule has 1 N–H and O–H groups in total. The summed E-state index contributed by atoms with van der Waals surface area (Å²) >= 11 is 7.55. The summed E-state index contributed by atoms with van der Waals surface area (Å²) in [5.41, 5.74) is 5.04. The van der Waals surface area contributed by atoms with Crippen molar-refractivity contribution in [3.05, 3.63) is 86.6 Å². The van der Waals surface area contributed by atoms with Crippen LogP contribution in [0.2, 0.25) is 5.02 Å². The van der Waals surface area contributed by atoms with E-state index in [4.69, 9.17) is 11.6 Å². The summed E-state index contributed by atoms with van der Waals surface area (Å²) in [6, 6.07) is 15.7. The highest BCUT2D eigenvalue weighted by molar-refractivity contribution is 7.15. The van der Waals surface area contributed by atoms with Crippen LogP contribution in [0.25, 0.3) is 5.69 Å². The summed E-state index contributed by atoms with van der Waals surface area (Å²) in [7, 11) is 0. The maximum Gasteiger partial charge on any atom is 0.279 e. The van der Waals surface area contributed by atoms with Crippen molar-refractivity contribution in [2.45, 2.75) is 33.6 Å². The lowest BCUT2D eigenvalue weighted by atomic mass is 10.1. The predicted octanol–water partition coefficient (Wildman–Crippen LogP) is 5.40. The van der Waals surface area contributed by atoms with Gasteiger partial charge in [0.2, 0.25) is 0 Å². The van der Waals surface area contributed by atoms with Crippen molar-refractivity contribution >= 4 is 34.0 Å². The minimum Gasteiger partial charge on any atom is -0.296 e. The zero-order valence-corrected chi connectivity index (χ0v) is 19.1. The lowest BCUT2D eigenvalue weighted by Gasteiger charge is -2.08. The second-order valence-corrected chi connectivity index (χ2v) is 8.73. The molecule has 0 saturated carbocycles. The molecule has 8 heteroatoms. The van der Waals surface area contributed by atoms with Crippen LogP contribution in [0.3, 0.4) is 0 Å². The fourth-order valence-corrected chi connectivity index (χ4v) is 4.62.